The summed E-state index contributed by atoms with van der Waals surface area (Å²) in [6, 6.07) is 6.79. The number of nitrogens with zero attached hydrogens (tertiary/aromatic N) is 4. The van der Waals surface area contributed by atoms with Gasteiger partial charge in [0.15, 0.2) is 11.6 Å². The first-order valence-electron chi connectivity index (χ1n) is 9.16. The van der Waals surface area contributed by atoms with Crippen molar-refractivity contribution < 1.29 is 8.78 Å². The standard InChI is InChI=1S/C19H21F2N5/c20-14-3-1-2-12(16(14)21)13-10-26(15-4-7-23-19(22)24-15)17-11-5-8-25(9-6-11)18(13)17/h1-4,7,11,13,17-18H,5-6,8-10H2,(H2,22,23,24)/t13-,17+,18+/m0/s1. The summed E-state index contributed by atoms with van der Waals surface area (Å²) in [6.45, 7) is 2.66. The molecule has 26 heavy (non-hydrogen) atoms. The van der Waals surface area contributed by atoms with Crippen molar-refractivity contribution in [3.05, 3.63) is 47.7 Å². The first-order valence-corrected chi connectivity index (χ1v) is 9.16. The predicted octanol–water partition coefficient (Wildman–Crippen LogP) is 2.40. The molecule has 3 atom stereocenters. The molecule has 1 aromatic carbocycles. The second-order valence-corrected chi connectivity index (χ2v) is 7.53. The molecule has 7 heteroatoms. The zero-order valence-corrected chi connectivity index (χ0v) is 14.4. The van der Waals surface area contributed by atoms with E-state index >= 15 is 0 Å². The molecule has 0 amide bonds. The van der Waals surface area contributed by atoms with Crippen molar-refractivity contribution in [3.8, 4) is 0 Å². The first kappa shape index (κ1) is 15.9. The molecule has 0 aliphatic carbocycles. The van der Waals surface area contributed by atoms with Crippen LogP contribution in [0.25, 0.3) is 0 Å². The van der Waals surface area contributed by atoms with Crippen LogP contribution in [0.1, 0.15) is 24.3 Å². The maximum absolute atomic E-state index is 14.6. The van der Waals surface area contributed by atoms with Crippen molar-refractivity contribution >= 4 is 11.8 Å². The van der Waals surface area contributed by atoms with Crippen LogP contribution < -0.4 is 10.6 Å². The maximum atomic E-state index is 14.6. The van der Waals surface area contributed by atoms with Gasteiger partial charge in [0.2, 0.25) is 5.95 Å². The number of aromatic nitrogens is 2. The van der Waals surface area contributed by atoms with Crippen LogP contribution in [-0.4, -0.2) is 46.6 Å². The summed E-state index contributed by atoms with van der Waals surface area (Å²) in [4.78, 5) is 13.1. The molecule has 0 spiro atoms. The second kappa shape index (κ2) is 5.87. The third-order valence-electron chi connectivity index (χ3n) is 6.33. The van der Waals surface area contributed by atoms with Crippen LogP contribution in [0.4, 0.5) is 20.5 Å². The molecule has 5 heterocycles. The molecule has 136 valence electrons. The summed E-state index contributed by atoms with van der Waals surface area (Å²) in [7, 11) is 0. The molecule has 0 saturated carbocycles. The van der Waals surface area contributed by atoms with Gasteiger partial charge in [0.25, 0.3) is 0 Å². The van der Waals surface area contributed by atoms with E-state index in [2.05, 4.69) is 19.8 Å². The van der Waals surface area contributed by atoms with Crippen LogP contribution in [0.15, 0.2) is 30.5 Å². The minimum atomic E-state index is -0.778. The van der Waals surface area contributed by atoms with Gasteiger partial charge >= 0.3 is 0 Å². The molecule has 6 rings (SSSR count). The van der Waals surface area contributed by atoms with Crippen molar-refractivity contribution in [1.29, 1.82) is 0 Å². The molecule has 4 saturated heterocycles. The highest BCUT2D eigenvalue weighted by molar-refractivity contribution is 5.48. The molecule has 4 aliphatic rings. The Morgan fingerprint density at radius 2 is 1.88 bits per heavy atom. The van der Waals surface area contributed by atoms with Crippen LogP contribution in [-0.2, 0) is 0 Å². The van der Waals surface area contributed by atoms with Gasteiger partial charge in [-0.2, -0.15) is 4.98 Å². The van der Waals surface area contributed by atoms with Crippen LogP contribution in [0, 0.1) is 17.6 Å². The third-order valence-corrected chi connectivity index (χ3v) is 6.33. The van der Waals surface area contributed by atoms with Crippen LogP contribution in [0.5, 0.6) is 0 Å². The molecule has 0 radical (unpaired) electrons. The van der Waals surface area contributed by atoms with Gasteiger partial charge in [-0.3, -0.25) is 4.90 Å². The Morgan fingerprint density at radius 3 is 2.65 bits per heavy atom. The van der Waals surface area contributed by atoms with Crippen molar-refractivity contribution in [3.63, 3.8) is 0 Å². The normalized spacial score (nSPS) is 32.7. The Labute approximate surface area is 150 Å². The van der Waals surface area contributed by atoms with Crippen molar-refractivity contribution in [1.82, 2.24) is 14.9 Å². The summed E-state index contributed by atoms with van der Waals surface area (Å²) in [6.07, 6.45) is 3.93. The number of nitrogens with two attached hydrogens (primary N) is 1. The molecular formula is C19H21F2N5. The number of halogens is 2. The summed E-state index contributed by atoms with van der Waals surface area (Å²) in [5.41, 5.74) is 6.26. The fraction of sp³-hybridized carbons (Fsp3) is 0.474. The summed E-state index contributed by atoms with van der Waals surface area (Å²) in [5, 5.41) is 0. The number of fused-ring (bicyclic) bond motifs is 2. The van der Waals surface area contributed by atoms with Crippen LogP contribution in [0.2, 0.25) is 0 Å². The zero-order valence-electron chi connectivity index (χ0n) is 14.4. The number of hydrogen-bond acceptors (Lipinski definition) is 5. The lowest BCUT2D eigenvalue weighted by Crippen LogP contribution is -2.60. The predicted molar refractivity (Wildman–Crippen MR) is 94.8 cm³/mol. The average molecular weight is 357 g/mol. The molecule has 4 fully saturated rings. The molecule has 4 aliphatic heterocycles. The first-order chi connectivity index (χ1) is 12.6. The minimum absolute atomic E-state index is 0.0880. The van der Waals surface area contributed by atoms with E-state index in [0.29, 0.717) is 18.0 Å². The second-order valence-electron chi connectivity index (χ2n) is 7.53. The number of benzene rings is 1. The molecule has 2 bridgehead atoms. The van der Waals surface area contributed by atoms with Gasteiger partial charge in [-0.15, -0.1) is 0 Å². The SMILES string of the molecule is Nc1nccc(N2C[C@@H](c3cccc(F)c3F)[C@@H]3[C@H]2C2CCN3CC2)n1. The lowest BCUT2D eigenvalue weighted by molar-refractivity contribution is 0.0350. The molecule has 0 unspecified atom stereocenters. The molecule has 1 aromatic heterocycles. The number of hydrogen-bond donors (Lipinski definition) is 1. The van der Waals surface area contributed by atoms with Crippen molar-refractivity contribution in [2.45, 2.75) is 30.8 Å². The third kappa shape index (κ3) is 2.30. The Kier molecular flexibility index (Phi) is 3.60. The van der Waals surface area contributed by atoms with Gasteiger partial charge in [0, 0.05) is 30.7 Å². The Bertz CT molecular complexity index is 836. The van der Waals surface area contributed by atoms with Gasteiger partial charge < -0.3 is 10.6 Å². The van der Waals surface area contributed by atoms with Crippen LogP contribution in [0.3, 0.4) is 0 Å². The monoisotopic (exact) mass is 357 g/mol. The van der Waals surface area contributed by atoms with E-state index < -0.39 is 11.6 Å². The highest BCUT2D eigenvalue weighted by atomic mass is 19.2. The summed E-state index contributed by atoms with van der Waals surface area (Å²) < 4.78 is 28.5. The molecule has 2 N–H and O–H groups in total. The molecule has 5 nitrogen and oxygen atoms in total. The highest BCUT2D eigenvalue weighted by Crippen LogP contribution is 2.48. The number of nitrogen functional groups attached to an aromatic ring is 1. The van der Waals surface area contributed by atoms with Gasteiger partial charge in [0.1, 0.15) is 5.82 Å². The number of rotatable bonds is 2. The topological polar surface area (TPSA) is 58.3 Å². The van der Waals surface area contributed by atoms with E-state index in [1.807, 2.05) is 6.07 Å². The van der Waals surface area contributed by atoms with Crippen LogP contribution >= 0.6 is 0 Å². The smallest absolute Gasteiger partial charge is 0.221 e. The summed E-state index contributed by atoms with van der Waals surface area (Å²) in [5.74, 6) is -0.0261. The lowest BCUT2D eigenvalue weighted by Gasteiger charge is -2.51. The van der Waals surface area contributed by atoms with Crippen molar-refractivity contribution in [2.24, 2.45) is 5.92 Å². The largest absolute Gasteiger partial charge is 0.368 e. The number of anilines is 2. The fourth-order valence-electron chi connectivity index (χ4n) is 5.29. The van der Waals surface area contributed by atoms with Gasteiger partial charge in [-0.1, -0.05) is 12.1 Å². The number of piperidine rings is 3. The van der Waals surface area contributed by atoms with Gasteiger partial charge in [0.05, 0.1) is 0 Å². The lowest BCUT2D eigenvalue weighted by atomic mass is 9.75. The zero-order chi connectivity index (χ0) is 17.8. The Hall–Kier alpha value is -2.28. The van der Waals surface area contributed by atoms with E-state index in [4.69, 9.17) is 5.73 Å². The Morgan fingerprint density at radius 1 is 1.08 bits per heavy atom. The van der Waals surface area contributed by atoms with Crippen molar-refractivity contribution in [2.75, 3.05) is 30.3 Å². The highest BCUT2D eigenvalue weighted by Gasteiger charge is 2.54. The van der Waals surface area contributed by atoms with E-state index in [9.17, 15) is 8.78 Å². The summed E-state index contributed by atoms with van der Waals surface area (Å²) >= 11 is 0. The van der Waals surface area contributed by atoms with E-state index in [0.717, 1.165) is 31.7 Å². The molecular weight excluding hydrogens is 336 g/mol. The quantitative estimate of drug-likeness (QED) is 0.894. The van der Waals surface area contributed by atoms with E-state index in [-0.39, 0.29) is 23.9 Å². The Balaban J connectivity index is 1.60. The van der Waals surface area contributed by atoms with Gasteiger partial charge in [-0.05, 0) is 49.5 Å². The average Bonchev–Trinajstić information content (AvgIpc) is 3.08. The fourth-order valence-corrected chi connectivity index (χ4v) is 5.29. The van der Waals surface area contributed by atoms with E-state index in [1.54, 1.807) is 18.3 Å². The molecule has 2 aromatic rings. The van der Waals surface area contributed by atoms with Gasteiger partial charge in [-0.25, -0.2) is 13.8 Å². The van der Waals surface area contributed by atoms with E-state index in [1.165, 1.54) is 6.07 Å². The maximum Gasteiger partial charge on any atom is 0.221 e. The minimum Gasteiger partial charge on any atom is -0.368 e.